The summed E-state index contributed by atoms with van der Waals surface area (Å²) in [4.78, 5) is 39.2. The van der Waals surface area contributed by atoms with Crippen molar-refractivity contribution >= 4 is 52.2 Å². The van der Waals surface area contributed by atoms with E-state index in [9.17, 15) is 14.9 Å². The van der Waals surface area contributed by atoms with Crippen LogP contribution in [-0.4, -0.2) is 86.6 Å². The fourth-order valence-corrected chi connectivity index (χ4v) is 7.95. The molecule has 1 aliphatic carbocycles. The number of amides is 3. The van der Waals surface area contributed by atoms with Gasteiger partial charge in [0.25, 0.3) is 0 Å². The van der Waals surface area contributed by atoms with Crippen molar-refractivity contribution in [3.8, 4) is 17.8 Å². The Morgan fingerprint density at radius 1 is 1.02 bits per heavy atom. The third-order valence-electron chi connectivity index (χ3n) is 10.8. The number of nitrogens with one attached hydrogen (secondary N) is 3. The van der Waals surface area contributed by atoms with E-state index < -0.39 is 6.04 Å². The summed E-state index contributed by atoms with van der Waals surface area (Å²) < 4.78 is 1.71. The molecule has 16 heteroatoms. The fourth-order valence-electron chi connectivity index (χ4n) is 7.74. The second-order valence-corrected chi connectivity index (χ2v) is 15.0. The lowest BCUT2D eigenvalue weighted by Gasteiger charge is -2.42. The van der Waals surface area contributed by atoms with E-state index >= 15 is 0 Å². The number of nitriles is 2. The zero-order valence-electron chi connectivity index (χ0n) is 31.0. The van der Waals surface area contributed by atoms with Crippen molar-refractivity contribution in [2.24, 2.45) is 5.92 Å². The van der Waals surface area contributed by atoms with Gasteiger partial charge in [-0.25, -0.2) is 19.4 Å². The van der Waals surface area contributed by atoms with E-state index in [1.54, 1.807) is 28.8 Å². The normalized spacial score (nSPS) is 21.0. The van der Waals surface area contributed by atoms with Crippen molar-refractivity contribution in [2.45, 2.75) is 70.4 Å². The molecule has 3 fully saturated rings. The van der Waals surface area contributed by atoms with Crippen molar-refractivity contribution in [3.05, 3.63) is 71.3 Å². The van der Waals surface area contributed by atoms with Crippen molar-refractivity contribution < 1.29 is 9.59 Å². The van der Waals surface area contributed by atoms with Gasteiger partial charge in [0.2, 0.25) is 5.91 Å². The fraction of sp³-hybridized carbons (Fsp3) is 0.436. The molecule has 1 saturated carbocycles. The molecule has 284 valence electrons. The minimum absolute atomic E-state index is 0.228. The minimum atomic E-state index is -0.472. The summed E-state index contributed by atoms with van der Waals surface area (Å²) in [7, 11) is 0. The molecule has 7 rings (SSSR count). The average molecular weight is 762 g/mol. The van der Waals surface area contributed by atoms with Gasteiger partial charge in [-0.05, 0) is 88.7 Å². The van der Waals surface area contributed by atoms with Crippen LogP contribution in [0.15, 0.2) is 55.0 Å². The summed E-state index contributed by atoms with van der Waals surface area (Å²) in [6.45, 7) is 8.51. The maximum Gasteiger partial charge on any atom is 0.328 e. The Morgan fingerprint density at radius 3 is 2.51 bits per heavy atom. The molecule has 0 bridgehead atoms. The summed E-state index contributed by atoms with van der Waals surface area (Å²) >= 11 is 6.32. The molecule has 2 atom stereocenters. The van der Waals surface area contributed by atoms with Crippen LogP contribution in [0.3, 0.4) is 0 Å². The molecule has 3 N–H and O–H groups in total. The van der Waals surface area contributed by atoms with Gasteiger partial charge in [0, 0.05) is 68.2 Å². The third kappa shape index (κ3) is 8.80. The zero-order valence-corrected chi connectivity index (χ0v) is 31.7. The molecule has 3 aliphatic rings. The predicted octanol–water partition coefficient (Wildman–Crippen LogP) is 5.97. The van der Waals surface area contributed by atoms with Crippen LogP contribution in [-0.2, 0) is 4.79 Å². The second-order valence-electron chi connectivity index (χ2n) is 14.6. The Bertz CT molecular complexity index is 2100. The van der Waals surface area contributed by atoms with Crippen LogP contribution in [0.25, 0.3) is 5.69 Å². The summed E-state index contributed by atoms with van der Waals surface area (Å²) in [5.41, 5.74) is 4.57. The van der Waals surface area contributed by atoms with Crippen LogP contribution in [0.1, 0.15) is 69.5 Å². The predicted molar refractivity (Wildman–Crippen MR) is 210 cm³/mol. The molecular weight excluding hydrogens is 718 g/mol. The van der Waals surface area contributed by atoms with Gasteiger partial charge >= 0.3 is 6.03 Å². The van der Waals surface area contributed by atoms with E-state index in [1.807, 2.05) is 24.4 Å². The van der Waals surface area contributed by atoms with Crippen molar-refractivity contribution in [1.82, 2.24) is 35.2 Å². The Balaban J connectivity index is 0.901. The largest absolute Gasteiger partial charge is 0.368 e. The number of carbonyl (C=O) groups is 2. The first-order valence-corrected chi connectivity index (χ1v) is 19.2. The van der Waals surface area contributed by atoms with Crippen LogP contribution in [0, 0.1) is 28.6 Å². The minimum Gasteiger partial charge on any atom is -0.368 e. The van der Waals surface area contributed by atoms with Gasteiger partial charge in [-0.1, -0.05) is 16.8 Å². The maximum absolute atomic E-state index is 12.2. The Hall–Kier alpha value is -5.77. The van der Waals surface area contributed by atoms with E-state index in [2.05, 4.69) is 71.2 Å². The van der Waals surface area contributed by atoms with Gasteiger partial charge < -0.3 is 15.5 Å². The van der Waals surface area contributed by atoms with Crippen LogP contribution < -0.4 is 25.8 Å². The quantitative estimate of drug-likeness (QED) is 0.163. The molecule has 0 spiro atoms. The molecule has 55 heavy (non-hydrogen) atoms. The van der Waals surface area contributed by atoms with E-state index in [0.29, 0.717) is 64.4 Å². The van der Waals surface area contributed by atoms with Crippen LogP contribution in [0.2, 0.25) is 5.02 Å². The molecule has 1 aromatic carbocycles. The highest BCUT2D eigenvalue weighted by molar-refractivity contribution is 6.33. The van der Waals surface area contributed by atoms with Crippen molar-refractivity contribution in [1.29, 1.82) is 10.5 Å². The molecule has 4 aromatic rings. The monoisotopic (exact) mass is 761 g/mol. The number of hydrogen-bond donors (Lipinski definition) is 3. The highest BCUT2D eigenvalue weighted by Crippen LogP contribution is 2.37. The summed E-state index contributed by atoms with van der Waals surface area (Å²) in [6.07, 6.45) is 11.0. The molecule has 0 radical (unpaired) electrons. The van der Waals surface area contributed by atoms with Gasteiger partial charge in [-0.15, -0.1) is 5.10 Å². The van der Waals surface area contributed by atoms with Crippen LogP contribution in [0.5, 0.6) is 0 Å². The first-order chi connectivity index (χ1) is 26.7. The first-order valence-electron chi connectivity index (χ1n) is 18.8. The van der Waals surface area contributed by atoms with Gasteiger partial charge in [0.1, 0.15) is 29.4 Å². The lowest BCUT2D eigenvalue weighted by Crippen LogP contribution is -2.52. The number of pyridine rings is 2. The lowest BCUT2D eigenvalue weighted by molar-refractivity contribution is -0.120. The molecular formula is C39H44ClN13O2. The van der Waals surface area contributed by atoms with E-state index in [4.69, 9.17) is 16.9 Å². The van der Waals surface area contributed by atoms with Crippen molar-refractivity contribution in [2.75, 3.05) is 53.2 Å². The van der Waals surface area contributed by atoms with Gasteiger partial charge in [-0.3, -0.25) is 19.9 Å². The Labute approximate surface area is 325 Å². The number of hydrogen-bond acceptors (Lipinski definition) is 12. The Kier molecular flexibility index (Phi) is 11.4. The SMILES string of the molecule is C[C@H](C#N)Nc1cc(Nc2ncc(C#N)cc2Cl)ncc1-n1cc(C2CCC(CCN3CCN(c4ccc(N5CCC(=O)NC5=O)cc4)[C@H](C)C3)CC2)nn1. The molecule has 3 aromatic heterocycles. The lowest BCUT2D eigenvalue weighted by atomic mass is 9.79. The number of halogens is 1. The topological polar surface area (TPSA) is 184 Å². The van der Waals surface area contributed by atoms with E-state index in [1.165, 1.54) is 18.7 Å². The number of piperazine rings is 1. The number of rotatable bonds is 11. The molecule has 5 heterocycles. The number of carbonyl (C=O) groups excluding carboxylic acids is 2. The number of benzene rings is 1. The number of imide groups is 1. The summed E-state index contributed by atoms with van der Waals surface area (Å²) in [5, 5.41) is 36.7. The van der Waals surface area contributed by atoms with Crippen LogP contribution in [0.4, 0.5) is 33.5 Å². The van der Waals surface area contributed by atoms with E-state index in [-0.39, 0.29) is 11.9 Å². The van der Waals surface area contributed by atoms with Crippen molar-refractivity contribution in [3.63, 3.8) is 0 Å². The molecule has 0 unspecified atom stereocenters. The second kappa shape index (κ2) is 16.7. The van der Waals surface area contributed by atoms with E-state index in [0.717, 1.165) is 68.9 Å². The van der Waals surface area contributed by atoms with Crippen LogP contribution >= 0.6 is 11.6 Å². The summed E-state index contributed by atoms with van der Waals surface area (Å²) in [5.74, 6) is 1.61. The molecule has 2 aliphatic heterocycles. The molecule has 2 saturated heterocycles. The highest BCUT2D eigenvalue weighted by Gasteiger charge is 2.29. The Morgan fingerprint density at radius 2 is 1.80 bits per heavy atom. The van der Waals surface area contributed by atoms with Gasteiger partial charge in [0.15, 0.2) is 0 Å². The zero-order chi connectivity index (χ0) is 38.5. The number of aromatic nitrogens is 5. The van der Waals surface area contributed by atoms with Gasteiger partial charge in [0.05, 0.1) is 40.4 Å². The third-order valence-corrected chi connectivity index (χ3v) is 11.1. The number of nitrogens with zero attached hydrogens (tertiary/aromatic N) is 10. The molecule has 15 nitrogen and oxygen atoms in total. The standard InChI is InChI=1S/C39H44ClN13O2/c1-25(19-41)45-33-18-36(46-38-32(40)17-28(20-42)21-44-38)43-22-35(33)53-24-34(48-49-53)29-5-3-27(4-6-29)11-13-50-15-16-51(26(2)23-50)30-7-9-31(10-8-30)52-14-12-37(54)47-39(52)55/h7-10,17-18,21-22,24-27,29H,3-6,11-16,23H2,1-2H3,(H,47,54,55)(H2,43,44,45,46)/t25-,26-,27?,29?/m1/s1. The number of anilines is 5. The smallest absolute Gasteiger partial charge is 0.328 e. The first kappa shape index (κ1) is 37.5. The summed E-state index contributed by atoms with van der Waals surface area (Å²) in [6, 6.07) is 15.2. The number of urea groups is 1. The average Bonchev–Trinajstić information content (AvgIpc) is 3.68. The molecule has 3 amide bonds. The highest BCUT2D eigenvalue weighted by atomic mass is 35.5. The van der Waals surface area contributed by atoms with Gasteiger partial charge in [-0.2, -0.15) is 10.5 Å². The maximum atomic E-state index is 12.2.